The predicted molar refractivity (Wildman–Crippen MR) is 141 cm³/mol. The predicted octanol–water partition coefficient (Wildman–Crippen LogP) is 9.46. The number of para-hydroxylation sites is 1. The van der Waals surface area contributed by atoms with Gasteiger partial charge in [0, 0.05) is 21.5 Å². The molecule has 2 nitrogen and oxygen atoms in total. The van der Waals surface area contributed by atoms with Crippen LogP contribution in [0.3, 0.4) is 0 Å². The minimum atomic E-state index is 0.908. The summed E-state index contributed by atoms with van der Waals surface area (Å²) >= 11 is 0. The second kappa shape index (κ2) is 6.49. The first-order valence-electron chi connectivity index (χ1n) is 11.5. The van der Waals surface area contributed by atoms with Crippen LogP contribution in [0.2, 0.25) is 0 Å². The highest BCUT2D eigenvalue weighted by atomic mass is 16.3. The van der Waals surface area contributed by atoms with Crippen molar-refractivity contribution < 1.29 is 8.83 Å². The lowest BCUT2D eigenvalue weighted by molar-refractivity contribution is 0.668. The van der Waals surface area contributed by atoms with Crippen molar-refractivity contribution in [3.05, 3.63) is 109 Å². The van der Waals surface area contributed by atoms with Gasteiger partial charge in [-0.3, -0.25) is 0 Å². The zero-order chi connectivity index (χ0) is 22.2. The summed E-state index contributed by atoms with van der Waals surface area (Å²) in [6.45, 7) is 0. The summed E-state index contributed by atoms with van der Waals surface area (Å²) in [7, 11) is 0. The van der Waals surface area contributed by atoms with Gasteiger partial charge >= 0.3 is 0 Å². The van der Waals surface area contributed by atoms with Crippen LogP contribution >= 0.6 is 0 Å². The van der Waals surface area contributed by atoms with Crippen LogP contribution in [0, 0.1) is 0 Å². The lowest BCUT2D eigenvalue weighted by Crippen LogP contribution is -1.79. The average molecular weight is 434 g/mol. The Bertz CT molecular complexity index is 2070. The van der Waals surface area contributed by atoms with Crippen molar-refractivity contribution in [2.45, 2.75) is 0 Å². The second-order valence-electron chi connectivity index (χ2n) is 8.98. The van der Waals surface area contributed by atoms with E-state index < -0.39 is 0 Å². The molecule has 0 saturated carbocycles. The molecule has 0 atom stereocenters. The van der Waals surface area contributed by atoms with E-state index in [0.717, 1.165) is 54.8 Å². The zero-order valence-corrected chi connectivity index (χ0v) is 18.2. The van der Waals surface area contributed by atoms with Gasteiger partial charge in [-0.25, -0.2) is 0 Å². The Labute approximate surface area is 194 Å². The van der Waals surface area contributed by atoms with Gasteiger partial charge in [0.05, 0.1) is 0 Å². The standard InChI is InChI=1S/C32H18O2/c1-2-6-20-15-21(10-9-19(20)5-1)22-11-13-25-30(16-22)34-29-14-12-23-17-31-27(18-26(23)32(25)29)24-7-3-4-8-28(24)33-31/h1-18H. The van der Waals surface area contributed by atoms with Crippen LogP contribution in [0.1, 0.15) is 0 Å². The lowest BCUT2D eigenvalue weighted by atomic mass is 9.98. The van der Waals surface area contributed by atoms with Crippen molar-refractivity contribution in [2.75, 3.05) is 0 Å². The maximum absolute atomic E-state index is 6.37. The van der Waals surface area contributed by atoms with Crippen molar-refractivity contribution in [3.8, 4) is 11.1 Å². The Morgan fingerprint density at radius 2 is 1.09 bits per heavy atom. The van der Waals surface area contributed by atoms with Crippen LogP contribution < -0.4 is 0 Å². The zero-order valence-electron chi connectivity index (χ0n) is 18.2. The number of hydrogen-bond donors (Lipinski definition) is 0. The normalized spacial score (nSPS) is 12.1. The third kappa shape index (κ3) is 2.45. The monoisotopic (exact) mass is 434 g/mol. The summed E-state index contributed by atoms with van der Waals surface area (Å²) in [4.78, 5) is 0. The summed E-state index contributed by atoms with van der Waals surface area (Å²) in [5, 5.41) is 9.41. The quantitative estimate of drug-likeness (QED) is 0.257. The van der Waals surface area contributed by atoms with Crippen molar-refractivity contribution in [1.29, 1.82) is 0 Å². The van der Waals surface area contributed by atoms with Gasteiger partial charge in [-0.2, -0.15) is 0 Å². The highest BCUT2D eigenvalue weighted by Crippen LogP contribution is 2.40. The van der Waals surface area contributed by atoms with Gasteiger partial charge in [0.1, 0.15) is 22.3 Å². The largest absolute Gasteiger partial charge is 0.456 e. The molecule has 0 radical (unpaired) electrons. The van der Waals surface area contributed by atoms with Gasteiger partial charge in [-0.05, 0) is 75.1 Å². The topological polar surface area (TPSA) is 26.3 Å². The summed E-state index contributed by atoms with van der Waals surface area (Å²) < 4.78 is 12.5. The van der Waals surface area contributed by atoms with Gasteiger partial charge < -0.3 is 8.83 Å². The van der Waals surface area contributed by atoms with Crippen molar-refractivity contribution in [2.24, 2.45) is 0 Å². The molecule has 6 aromatic carbocycles. The second-order valence-corrected chi connectivity index (χ2v) is 8.98. The summed E-state index contributed by atoms with van der Waals surface area (Å²) in [5.74, 6) is 0. The number of fused-ring (bicyclic) bond motifs is 9. The maximum atomic E-state index is 6.37. The fourth-order valence-corrected chi connectivity index (χ4v) is 5.37. The molecule has 2 heteroatoms. The van der Waals surface area contributed by atoms with E-state index in [1.807, 2.05) is 12.1 Å². The lowest BCUT2D eigenvalue weighted by Gasteiger charge is -2.04. The molecule has 0 unspecified atom stereocenters. The summed E-state index contributed by atoms with van der Waals surface area (Å²) in [6.07, 6.45) is 0. The molecule has 158 valence electrons. The fourth-order valence-electron chi connectivity index (χ4n) is 5.37. The highest BCUT2D eigenvalue weighted by Gasteiger charge is 2.15. The first kappa shape index (κ1) is 17.9. The van der Waals surface area contributed by atoms with Gasteiger partial charge in [-0.15, -0.1) is 0 Å². The molecule has 8 rings (SSSR count). The molecule has 0 N–H and O–H groups in total. The third-order valence-electron chi connectivity index (χ3n) is 7.03. The Morgan fingerprint density at radius 3 is 2.06 bits per heavy atom. The molecular formula is C32H18O2. The van der Waals surface area contributed by atoms with Crippen LogP contribution in [0.4, 0.5) is 0 Å². The molecule has 0 amide bonds. The van der Waals surface area contributed by atoms with Gasteiger partial charge in [0.15, 0.2) is 0 Å². The van der Waals surface area contributed by atoms with Crippen LogP contribution in [-0.2, 0) is 0 Å². The van der Waals surface area contributed by atoms with E-state index in [2.05, 4.69) is 97.1 Å². The Kier molecular flexibility index (Phi) is 3.42. The molecule has 0 aliphatic rings. The van der Waals surface area contributed by atoms with E-state index in [4.69, 9.17) is 8.83 Å². The molecule has 34 heavy (non-hydrogen) atoms. The highest BCUT2D eigenvalue weighted by molar-refractivity contribution is 6.22. The summed E-state index contributed by atoms with van der Waals surface area (Å²) in [6, 6.07) is 38.4. The van der Waals surface area contributed by atoms with Crippen molar-refractivity contribution >= 4 is 65.4 Å². The van der Waals surface area contributed by atoms with E-state index in [1.54, 1.807) is 0 Å². The molecule has 0 bridgehead atoms. The van der Waals surface area contributed by atoms with Gasteiger partial charge in [-0.1, -0.05) is 66.7 Å². The number of benzene rings is 6. The molecule has 2 aromatic heterocycles. The Balaban J connectivity index is 1.39. The van der Waals surface area contributed by atoms with E-state index in [9.17, 15) is 0 Å². The van der Waals surface area contributed by atoms with Crippen molar-refractivity contribution in [1.82, 2.24) is 0 Å². The van der Waals surface area contributed by atoms with Gasteiger partial charge in [0.2, 0.25) is 0 Å². The molecule has 8 aromatic rings. The molecule has 0 spiro atoms. The smallest absolute Gasteiger partial charge is 0.136 e. The van der Waals surface area contributed by atoms with Crippen LogP contribution in [0.25, 0.3) is 76.5 Å². The number of hydrogen-bond acceptors (Lipinski definition) is 2. The maximum Gasteiger partial charge on any atom is 0.136 e. The first-order valence-corrected chi connectivity index (χ1v) is 11.5. The SMILES string of the molecule is c1ccc2cc(-c3ccc4c(c3)oc3ccc5cc6oc7ccccc7c6cc5c34)ccc2c1. The molecule has 0 aliphatic carbocycles. The first-order chi connectivity index (χ1) is 16.8. The van der Waals surface area contributed by atoms with Crippen molar-refractivity contribution in [3.63, 3.8) is 0 Å². The minimum Gasteiger partial charge on any atom is -0.456 e. The third-order valence-corrected chi connectivity index (χ3v) is 7.03. The van der Waals surface area contributed by atoms with Gasteiger partial charge in [0.25, 0.3) is 0 Å². The van der Waals surface area contributed by atoms with Crippen LogP contribution in [0.15, 0.2) is 118 Å². The molecular weight excluding hydrogens is 416 g/mol. The molecule has 2 heterocycles. The van der Waals surface area contributed by atoms with Crippen LogP contribution in [-0.4, -0.2) is 0 Å². The van der Waals surface area contributed by atoms with E-state index in [0.29, 0.717) is 0 Å². The fraction of sp³-hybridized carbons (Fsp3) is 0. The number of furan rings is 2. The van der Waals surface area contributed by atoms with Crippen LogP contribution in [0.5, 0.6) is 0 Å². The Morgan fingerprint density at radius 1 is 0.353 bits per heavy atom. The molecule has 0 aliphatic heterocycles. The Hall–Kier alpha value is -4.56. The van der Waals surface area contributed by atoms with E-state index in [1.165, 1.54) is 21.7 Å². The van der Waals surface area contributed by atoms with E-state index in [-0.39, 0.29) is 0 Å². The molecule has 0 saturated heterocycles. The summed E-state index contributed by atoms with van der Waals surface area (Å²) in [5.41, 5.74) is 6.00. The minimum absolute atomic E-state index is 0.908. The number of rotatable bonds is 1. The molecule has 0 fully saturated rings. The van der Waals surface area contributed by atoms with E-state index >= 15 is 0 Å². The average Bonchev–Trinajstić information content (AvgIpc) is 3.44.